The van der Waals surface area contributed by atoms with Crippen LogP contribution in [0.15, 0.2) is 6.20 Å². The van der Waals surface area contributed by atoms with Crippen LogP contribution in [0.4, 0.5) is 0 Å². The smallest absolute Gasteiger partial charge is 0.339 e. The van der Waals surface area contributed by atoms with Gasteiger partial charge in [0.15, 0.2) is 0 Å². The van der Waals surface area contributed by atoms with Crippen molar-refractivity contribution in [1.82, 2.24) is 15.1 Å². The Balaban J connectivity index is 2.05. The number of nitrogens with zero attached hydrogens (tertiary/aromatic N) is 2. The van der Waals surface area contributed by atoms with E-state index >= 15 is 0 Å². The van der Waals surface area contributed by atoms with Crippen LogP contribution in [0.25, 0.3) is 0 Å². The van der Waals surface area contributed by atoms with Gasteiger partial charge in [-0.05, 0) is 19.8 Å². The molecule has 100 valence electrons. The van der Waals surface area contributed by atoms with Crippen molar-refractivity contribution in [2.45, 2.75) is 31.8 Å². The first kappa shape index (κ1) is 13.0. The molecule has 0 aliphatic carbocycles. The summed E-state index contributed by atoms with van der Waals surface area (Å²) in [5.74, 6) is -0.933. The number of ether oxygens (including phenoxy) is 1. The SMILES string of the molecule is Cn1ncc(C(=O)O)c1CNC1(C)CCOCC1. The van der Waals surface area contributed by atoms with E-state index in [4.69, 9.17) is 9.84 Å². The molecule has 0 amide bonds. The number of rotatable bonds is 4. The molecule has 0 saturated carbocycles. The molecule has 1 fully saturated rings. The third-order valence-corrected chi connectivity index (χ3v) is 3.57. The Morgan fingerprint density at radius 2 is 2.28 bits per heavy atom. The highest BCUT2D eigenvalue weighted by Crippen LogP contribution is 2.20. The molecule has 1 aliphatic rings. The lowest BCUT2D eigenvalue weighted by Gasteiger charge is -2.34. The van der Waals surface area contributed by atoms with Crippen LogP contribution >= 0.6 is 0 Å². The summed E-state index contributed by atoms with van der Waals surface area (Å²) in [6, 6.07) is 0. The molecule has 6 nitrogen and oxygen atoms in total. The van der Waals surface area contributed by atoms with Crippen molar-refractivity contribution in [2.24, 2.45) is 7.05 Å². The zero-order valence-electron chi connectivity index (χ0n) is 10.8. The predicted molar refractivity (Wildman–Crippen MR) is 65.5 cm³/mol. The fourth-order valence-electron chi connectivity index (χ4n) is 2.15. The maximum absolute atomic E-state index is 11.1. The van der Waals surface area contributed by atoms with Crippen molar-refractivity contribution >= 4 is 5.97 Å². The highest BCUT2D eigenvalue weighted by molar-refractivity contribution is 5.88. The zero-order valence-corrected chi connectivity index (χ0v) is 10.8. The van der Waals surface area contributed by atoms with Gasteiger partial charge in [0.05, 0.1) is 11.9 Å². The van der Waals surface area contributed by atoms with Crippen LogP contribution in [-0.4, -0.2) is 39.6 Å². The lowest BCUT2D eigenvalue weighted by Crippen LogP contribution is -2.46. The molecule has 2 heterocycles. The summed E-state index contributed by atoms with van der Waals surface area (Å²) in [4.78, 5) is 11.1. The highest BCUT2D eigenvalue weighted by atomic mass is 16.5. The highest BCUT2D eigenvalue weighted by Gasteiger charge is 2.27. The zero-order chi connectivity index (χ0) is 13.2. The van der Waals surface area contributed by atoms with Crippen molar-refractivity contribution in [2.75, 3.05) is 13.2 Å². The van der Waals surface area contributed by atoms with Crippen LogP contribution in [0.3, 0.4) is 0 Å². The largest absolute Gasteiger partial charge is 0.478 e. The summed E-state index contributed by atoms with van der Waals surface area (Å²) in [7, 11) is 1.76. The molecule has 0 spiro atoms. The molecular weight excluding hydrogens is 234 g/mol. The maximum Gasteiger partial charge on any atom is 0.339 e. The maximum atomic E-state index is 11.1. The molecule has 0 aromatic carbocycles. The summed E-state index contributed by atoms with van der Waals surface area (Å²) in [5, 5.41) is 16.5. The van der Waals surface area contributed by atoms with Crippen LogP contribution in [0.2, 0.25) is 0 Å². The molecular formula is C12H19N3O3. The standard InChI is InChI=1S/C12H19N3O3/c1-12(3-5-18-6-4-12)13-8-10-9(11(16)17)7-14-15(10)2/h7,13H,3-6,8H2,1-2H3,(H,16,17). The Bertz CT molecular complexity index is 436. The van der Waals surface area contributed by atoms with Crippen LogP contribution in [0.1, 0.15) is 35.8 Å². The van der Waals surface area contributed by atoms with E-state index in [9.17, 15) is 4.79 Å². The fourth-order valence-corrected chi connectivity index (χ4v) is 2.15. The first-order valence-corrected chi connectivity index (χ1v) is 6.09. The summed E-state index contributed by atoms with van der Waals surface area (Å²) in [5.41, 5.74) is 0.981. The van der Waals surface area contributed by atoms with Gasteiger partial charge in [-0.25, -0.2) is 4.79 Å². The van der Waals surface area contributed by atoms with Crippen LogP contribution in [-0.2, 0) is 18.3 Å². The number of nitrogens with one attached hydrogen (secondary N) is 1. The Labute approximate surface area is 106 Å². The number of hydrogen-bond acceptors (Lipinski definition) is 4. The van der Waals surface area contributed by atoms with E-state index in [1.807, 2.05) is 0 Å². The number of hydrogen-bond donors (Lipinski definition) is 2. The van der Waals surface area contributed by atoms with Gasteiger partial charge in [-0.15, -0.1) is 0 Å². The number of aryl methyl sites for hydroxylation is 1. The minimum Gasteiger partial charge on any atom is -0.478 e. The molecule has 1 aromatic heterocycles. The van der Waals surface area contributed by atoms with Crippen LogP contribution in [0.5, 0.6) is 0 Å². The second kappa shape index (κ2) is 5.07. The second-order valence-corrected chi connectivity index (χ2v) is 4.96. The van der Waals surface area contributed by atoms with Crippen molar-refractivity contribution in [3.63, 3.8) is 0 Å². The summed E-state index contributed by atoms with van der Waals surface area (Å²) in [6.07, 6.45) is 3.27. The number of carboxylic acid groups (broad SMARTS) is 1. The molecule has 2 rings (SSSR count). The second-order valence-electron chi connectivity index (χ2n) is 4.96. The summed E-state index contributed by atoms with van der Waals surface area (Å²) < 4.78 is 6.95. The van der Waals surface area contributed by atoms with E-state index < -0.39 is 5.97 Å². The van der Waals surface area contributed by atoms with E-state index in [-0.39, 0.29) is 11.1 Å². The van der Waals surface area contributed by atoms with Gasteiger partial charge in [-0.3, -0.25) is 4.68 Å². The Hall–Kier alpha value is -1.40. The number of aromatic nitrogens is 2. The van der Waals surface area contributed by atoms with E-state index in [0.29, 0.717) is 12.2 Å². The van der Waals surface area contributed by atoms with Gasteiger partial charge in [0.2, 0.25) is 0 Å². The Morgan fingerprint density at radius 1 is 1.61 bits per heavy atom. The topological polar surface area (TPSA) is 76.4 Å². The number of aromatic carboxylic acids is 1. The molecule has 0 atom stereocenters. The van der Waals surface area contributed by atoms with E-state index in [2.05, 4.69) is 17.3 Å². The third kappa shape index (κ3) is 2.70. The first-order chi connectivity index (χ1) is 8.52. The van der Waals surface area contributed by atoms with Crippen molar-refractivity contribution < 1.29 is 14.6 Å². The van der Waals surface area contributed by atoms with Gasteiger partial charge in [-0.2, -0.15) is 5.10 Å². The van der Waals surface area contributed by atoms with Crippen molar-refractivity contribution in [3.8, 4) is 0 Å². The summed E-state index contributed by atoms with van der Waals surface area (Å²) in [6.45, 7) is 4.16. The molecule has 6 heteroatoms. The molecule has 1 saturated heterocycles. The van der Waals surface area contributed by atoms with Crippen molar-refractivity contribution in [1.29, 1.82) is 0 Å². The van der Waals surface area contributed by atoms with Crippen LogP contribution < -0.4 is 5.32 Å². The molecule has 0 bridgehead atoms. The van der Waals surface area contributed by atoms with Gasteiger partial charge >= 0.3 is 5.97 Å². The van der Waals surface area contributed by atoms with E-state index in [0.717, 1.165) is 26.1 Å². The lowest BCUT2D eigenvalue weighted by molar-refractivity contribution is 0.0442. The van der Waals surface area contributed by atoms with Crippen molar-refractivity contribution in [3.05, 3.63) is 17.5 Å². The quantitative estimate of drug-likeness (QED) is 0.829. The molecule has 2 N–H and O–H groups in total. The Morgan fingerprint density at radius 3 is 2.89 bits per heavy atom. The minimum absolute atomic E-state index is 0.0122. The van der Waals surface area contributed by atoms with Gasteiger partial charge < -0.3 is 15.2 Å². The first-order valence-electron chi connectivity index (χ1n) is 6.09. The van der Waals surface area contributed by atoms with E-state index in [1.54, 1.807) is 11.7 Å². The molecule has 0 radical (unpaired) electrons. The molecule has 0 unspecified atom stereocenters. The lowest BCUT2D eigenvalue weighted by atomic mass is 9.92. The van der Waals surface area contributed by atoms with E-state index in [1.165, 1.54) is 6.20 Å². The average molecular weight is 253 g/mol. The third-order valence-electron chi connectivity index (χ3n) is 3.57. The van der Waals surface area contributed by atoms with Gasteiger partial charge in [0.25, 0.3) is 0 Å². The monoisotopic (exact) mass is 253 g/mol. The summed E-state index contributed by atoms with van der Waals surface area (Å²) >= 11 is 0. The van der Waals surface area contributed by atoms with Gasteiger partial charge in [0.1, 0.15) is 5.56 Å². The molecule has 1 aromatic rings. The fraction of sp³-hybridized carbons (Fsp3) is 0.667. The number of carboxylic acids is 1. The molecule has 1 aliphatic heterocycles. The predicted octanol–water partition coefficient (Wildman–Crippen LogP) is 0.777. The average Bonchev–Trinajstić information content (AvgIpc) is 2.69. The number of carbonyl (C=O) groups is 1. The normalized spacial score (nSPS) is 18.8. The van der Waals surface area contributed by atoms with Crippen LogP contribution in [0, 0.1) is 0 Å². The van der Waals surface area contributed by atoms with Gasteiger partial charge in [0, 0.05) is 32.3 Å². The Kier molecular flexibility index (Phi) is 3.68. The van der Waals surface area contributed by atoms with Gasteiger partial charge in [-0.1, -0.05) is 0 Å². The minimum atomic E-state index is -0.933. The molecule has 18 heavy (non-hydrogen) atoms.